The Morgan fingerprint density at radius 2 is 2.09 bits per heavy atom. The third-order valence-electron chi connectivity index (χ3n) is 4.15. The van der Waals surface area contributed by atoms with Gasteiger partial charge in [0, 0.05) is 19.0 Å². The molecule has 1 atom stereocenters. The predicted molar refractivity (Wildman–Crippen MR) is 82.1 cm³/mol. The summed E-state index contributed by atoms with van der Waals surface area (Å²) in [7, 11) is 0. The summed E-state index contributed by atoms with van der Waals surface area (Å²) in [5.74, 6) is -1.31. The second kappa shape index (κ2) is 8.82. The fraction of sp³-hybridized carbons (Fsp3) is 0.588. The Hall–Kier alpha value is -1.69. The summed E-state index contributed by atoms with van der Waals surface area (Å²) in [4.78, 5) is 11.7. The number of aliphatic hydroxyl groups excluding tert-OH is 1. The Kier molecular flexibility index (Phi) is 6.77. The van der Waals surface area contributed by atoms with E-state index in [2.05, 4.69) is 5.32 Å². The lowest BCUT2D eigenvalue weighted by atomic mass is 10.0. The fourth-order valence-corrected chi connectivity index (χ4v) is 2.82. The van der Waals surface area contributed by atoms with E-state index in [1.807, 2.05) is 0 Å². The van der Waals surface area contributed by atoms with Gasteiger partial charge < -0.3 is 15.2 Å². The van der Waals surface area contributed by atoms with Gasteiger partial charge in [0.05, 0.1) is 12.7 Å². The van der Waals surface area contributed by atoms with Crippen molar-refractivity contribution in [3.63, 3.8) is 0 Å². The van der Waals surface area contributed by atoms with Crippen LogP contribution in [0.5, 0.6) is 5.75 Å². The Morgan fingerprint density at radius 1 is 1.35 bits per heavy atom. The number of rotatable bonds is 8. The van der Waals surface area contributed by atoms with Crippen LogP contribution in [0, 0.1) is 17.6 Å². The van der Waals surface area contributed by atoms with Crippen LogP contribution in [0.2, 0.25) is 0 Å². The maximum Gasteiger partial charge on any atom is 0.220 e. The first-order valence-electron chi connectivity index (χ1n) is 8.09. The minimum atomic E-state index is -0.755. The van der Waals surface area contributed by atoms with Crippen molar-refractivity contribution in [2.75, 3.05) is 13.2 Å². The number of carbonyl (C=O) groups excluding carboxylic acids is 1. The molecule has 4 nitrogen and oxygen atoms in total. The molecule has 23 heavy (non-hydrogen) atoms. The Balaban J connectivity index is 1.59. The zero-order chi connectivity index (χ0) is 16.7. The van der Waals surface area contributed by atoms with Crippen molar-refractivity contribution < 1.29 is 23.4 Å². The van der Waals surface area contributed by atoms with Crippen molar-refractivity contribution in [1.82, 2.24) is 5.32 Å². The second-order valence-corrected chi connectivity index (χ2v) is 5.94. The van der Waals surface area contributed by atoms with Crippen LogP contribution in [-0.4, -0.2) is 30.3 Å². The molecule has 6 heteroatoms. The molecular formula is C17H23F2NO3. The molecular weight excluding hydrogens is 304 g/mol. The topological polar surface area (TPSA) is 58.6 Å². The van der Waals surface area contributed by atoms with Gasteiger partial charge in [0.15, 0.2) is 11.6 Å². The number of aliphatic hydroxyl groups is 1. The number of nitrogens with one attached hydrogen (secondary N) is 1. The van der Waals surface area contributed by atoms with Gasteiger partial charge in [-0.05, 0) is 37.3 Å². The Morgan fingerprint density at radius 3 is 2.78 bits per heavy atom. The highest BCUT2D eigenvalue weighted by atomic mass is 19.1. The van der Waals surface area contributed by atoms with Crippen molar-refractivity contribution in [1.29, 1.82) is 0 Å². The first kappa shape index (κ1) is 17.7. The molecule has 1 fully saturated rings. The summed E-state index contributed by atoms with van der Waals surface area (Å²) < 4.78 is 31.2. The smallest absolute Gasteiger partial charge is 0.220 e. The van der Waals surface area contributed by atoms with Gasteiger partial charge in [-0.3, -0.25) is 4.79 Å². The molecule has 1 aromatic rings. The summed E-state index contributed by atoms with van der Waals surface area (Å²) in [6.45, 7) is 0.443. The monoisotopic (exact) mass is 327 g/mol. The van der Waals surface area contributed by atoms with E-state index >= 15 is 0 Å². The number of benzene rings is 1. The van der Waals surface area contributed by atoms with E-state index in [-0.39, 0.29) is 31.2 Å². The van der Waals surface area contributed by atoms with Crippen molar-refractivity contribution >= 4 is 5.91 Å². The fourth-order valence-electron chi connectivity index (χ4n) is 2.82. The van der Waals surface area contributed by atoms with Gasteiger partial charge in [0.1, 0.15) is 5.82 Å². The van der Waals surface area contributed by atoms with E-state index in [4.69, 9.17) is 4.74 Å². The standard InChI is InChI=1S/C17H23F2NO3/c18-13-7-8-16(14(19)10-13)23-9-3-6-17(22)20-11-15(21)12-4-1-2-5-12/h7-8,10,12,15,21H,1-6,9,11H2,(H,20,22). The minimum Gasteiger partial charge on any atom is -0.491 e. The highest BCUT2D eigenvalue weighted by Crippen LogP contribution is 2.27. The summed E-state index contributed by atoms with van der Waals surface area (Å²) in [6, 6.07) is 3.10. The summed E-state index contributed by atoms with van der Waals surface area (Å²) in [5, 5.41) is 12.7. The van der Waals surface area contributed by atoms with E-state index in [1.165, 1.54) is 6.07 Å². The van der Waals surface area contributed by atoms with E-state index in [0.29, 0.717) is 12.3 Å². The number of hydrogen-bond donors (Lipinski definition) is 2. The number of carbonyl (C=O) groups is 1. The third-order valence-corrected chi connectivity index (χ3v) is 4.15. The van der Waals surface area contributed by atoms with E-state index in [0.717, 1.165) is 37.8 Å². The van der Waals surface area contributed by atoms with Crippen LogP contribution in [0.1, 0.15) is 38.5 Å². The molecule has 1 aromatic carbocycles. The molecule has 0 radical (unpaired) electrons. The molecule has 0 aromatic heterocycles. The molecule has 128 valence electrons. The van der Waals surface area contributed by atoms with Crippen LogP contribution in [0.15, 0.2) is 18.2 Å². The van der Waals surface area contributed by atoms with Gasteiger partial charge in [-0.1, -0.05) is 12.8 Å². The second-order valence-electron chi connectivity index (χ2n) is 5.94. The zero-order valence-corrected chi connectivity index (χ0v) is 13.1. The lowest BCUT2D eigenvalue weighted by Crippen LogP contribution is -2.35. The van der Waals surface area contributed by atoms with Crippen LogP contribution in [0.25, 0.3) is 0 Å². The molecule has 1 unspecified atom stereocenters. The summed E-state index contributed by atoms with van der Waals surface area (Å²) in [5.41, 5.74) is 0. The van der Waals surface area contributed by atoms with Crippen molar-refractivity contribution in [3.05, 3.63) is 29.8 Å². The molecule has 0 bridgehead atoms. The maximum absolute atomic E-state index is 13.3. The van der Waals surface area contributed by atoms with Crippen molar-refractivity contribution in [2.24, 2.45) is 5.92 Å². The van der Waals surface area contributed by atoms with Crippen LogP contribution < -0.4 is 10.1 Å². The first-order chi connectivity index (χ1) is 11.1. The summed E-state index contributed by atoms with van der Waals surface area (Å²) >= 11 is 0. The molecule has 0 spiro atoms. The number of ether oxygens (including phenoxy) is 1. The van der Waals surface area contributed by atoms with Crippen molar-refractivity contribution in [3.8, 4) is 5.75 Å². The molecule has 2 rings (SSSR count). The Labute approximate surface area is 134 Å². The zero-order valence-electron chi connectivity index (χ0n) is 13.1. The normalized spacial score (nSPS) is 16.3. The molecule has 1 aliphatic carbocycles. The lowest BCUT2D eigenvalue weighted by Gasteiger charge is -2.18. The Bertz CT molecular complexity index is 519. The van der Waals surface area contributed by atoms with Crippen LogP contribution in [0.4, 0.5) is 8.78 Å². The SMILES string of the molecule is O=C(CCCOc1ccc(F)cc1F)NCC(O)C1CCCC1. The van der Waals surface area contributed by atoms with Crippen LogP contribution >= 0.6 is 0 Å². The predicted octanol–water partition coefficient (Wildman–Crippen LogP) is 2.79. The molecule has 0 heterocycles. The quantitative estimate of drug-likeness (QED) is 0.722. The highest BCUT2D eigenvalue weighted by molar-refractivity contribution is 5.75. The van der Waals surface area contributed by atoms with E-state index in [1.54, 1.807) is 0 Å². The van der Waals surface area contributed by atoms with Crippen LogP contribution in [0.3, 0.4) is 0 Å². The van der Waals surface area contributed by atoms with E-state index in [9.17, 15) is 18.7 Å². The van der Waals surface area contributed by atoms with Gasteiger partial charge in [0.2, 0.25) is 5.91 Å². The first-order valence-corrected chi connectivity index (χ1v) is 8.09. The van der Waals surface area contributed by atoms with Crippen LogP contribution in [-0.2, 0) is 4.79 Å². The molecule has 2 N–H and O–H groups in total. The number of halogens is 2. The molecule has 0 aliphatic heterocycles. The highest BCUT2D eigenvalue weighted by Gasteiger charge is 2.23. The third kappa shape index (κ3) is 5.78. The number of amides is 1. The minimum absolute atomic E-state index is 0.0246. The van der Waals surface area contributed by atoms with Gasteiger partial charge in [-0.2, -0.15) is 0 Å². The van der Waals surface area contributed by atoms with E-state index < -0.39 is 17.7 Å². The molecule has 1 aliphatic rings. The number of hydrogen-bond acceptors (Lipinski definition) is 3. The van der Waals surface area contributed by atoms with Gasteiger partial charge in [0.25, 0.3) is 0 Å². The van der Waals surface area contributed by atoms with Crippen molar-refractivity contribution in [2.45, 2.75) is 44.6 Å². The largest absolute Gasteiger partial charge is 0.491 e. The summed E-state index contributed by atoms with van der Waals surface area (Å²) in [6.07, 6.45) is 4.51. The van der Waals surface area contributed by atoms with Gasteiger partial charge >= 0.3 is 0 Å². The lowest BCUT2D eigenvalue weighted by molar-refractivity contribution is -0.121. The average Bonchev–Trinajstić information content (AvgIpc) is 3.05. The molecule has 1 saturated carbocycles. The van der Waals surface area contributed by atoms with Gasteiger partial charge in [-0.25, -0.2) is 8.78 Å². The average molecular weight is 327 g/mol. The maximum atomic E-state index is 13.3. The van der Waals surface area contributed by atoms with Gasteiger partial charge in [-0.15, -0.1) is 0 Å². The molecule has 1 amide bonds. The molecule has 0 saturated heterocycles.